The fraction of sp³-hybridized carbons (Fsp3) is 0.200. The number of halogens is 2. The number of rotatable bonds is 3. The second kappa shape index (κ2) is 5.10. The van der Waals surface area contributed by atoms with E-state index in [9.17, 15) is 5.11 Å². The van der Waals surface area contributed by atoms with Gasteiger partial charge in [0.1, 0.15) is 11.8 Å². The van der Waals surface area contributed by atoms with Crippen molar-refractivity contribution in [3.05, 3.63) is 44.9 Å². The predicted molar refractivity (Wildman–Crippen MR) is 65.0 cm³/mol. The van der Waals surface area contributed by atoms with E-state index in [-0.39, 0.29) is 0 Å². The van der Waals surface area contributed by atoms with Crippen LogP contribution >= 0.6 is 34.7 Å². The van der Waals surface area contributed by atoms with Crippen LogP contribution in [0.2, 0.25) is 10.0 Å². The molecule has 1 N–H and O–H groups in total. The topological polar surface area (TPSA) is 46.0 Å². The van der Waals surface area contributed by atoms with Gasteiger partial charge < -0.3 is 5.11 Å². The molecule has 0 aliphatic heterocycles. The highest BCUT2D eigenvalue weighted by Gasteiger charge is 2.14. The molecule has 0 saturated heterocycles. The van der Waals surface area contributed by atoms with Gasteiger partial charge in [0, 0.05) is 11.8 Å². The zero-order chi connectivity index (χ0) is 11.5. The molecule has 2 rings (SSSR count). The van der Waals surface area contributed by atoms with Gasteiger partial charge in [0.05, 0.1) is 10.0 Å². The lowest BCUT2D eigenvalue weighted by atomic mass is 10.1. The summed E-state index contributed by atoms with van der Waals surface area (Å²) in [4.78, 5) is 0. The Kier molecular flexibility index (Phi) is 3.76. The molecule has 0 spiro atoms. The minimum Gasteiger partial charge on any atom is -0.386 e. The molecule has 84 valence electrons. The van der Waals surface area contributed by atoms with E-state index in [0.717, 1.165) is 5.56 Å². The van der Waals surface area contributed by atoms with Crippen molar-refractivity contribution in [2.45, 2.75) is 12.5 Å². The molecule has 1 heterocycles. The molecule has 1 atom stereocenters. The Bertz CT molecular complexity index is 476. The molecular formula is C10H8Cl2N2OS. The summed E-state index contributed by atoms with van der Waals surface area (Å²) >= 11 is 13.1. The molecule has 2 aromatic rings. The van der Waals surface area contributed by atoms with Gasteiger partial charge in [0.2, 0.25) is 0 Å². The van der Waals surface area contributed by atoms with Crippen LogP contribution in [0.5, 0.6) is 0 Å². The second-order valence-electron chi connectivity index (χ2n) is 3.26. The van der Waals surface area contributed by atoms with E-state index in [0.29, 0.717) is 22.2 Å². The molecule has 0 fully saturated rings. The van der Waals surface area contributed by atoms with Gasteiger partial charge in [0.25, 0.3) is 0 Å². The minimum absolute atomic E-state index is 0.380. The first kappa shape index (κ1) is 11.8. The van der Waals surface area contributed by atoms with Crippen molar-refractivity contribution in [3.8, 4) is 0 Å². The van der Waals surface area contributed by atoms with Crippen LogP contribution < -0.4 is 0 Å². The highest BCUT2D eigenvalue weighted by atomic mass is 35.5. The summed E-state index contributed by atoms with van der Waals surface area (Å²) < 4.78 is 3.70. The van der Waals surface area contributed by atoms with Crippen molar-refractivity contribution in [3.63, 3.8) is 0 Å². The maximum absolute atomic E-state index is 9.88. The molecule has 3 nitrogen and oxygen atoms in total. The first-order valence-corrected chi connectivity index (χ1v) is 6.15. The number of aliphatic hydroxyl groups excluding tert-OH is 1. The third kappa shape index (κ3) is 2.52. The van der Waals surface area contributed by atoms with E-state index in [1.807, 2.05) is 6.07 Å². The van der Waals surface area contributed by atoms with Crippen LogP contribution in [-0.4, -0.2) is 14.7 Å². The minimum atomic E-state index is -0.699. The lowest BCUT2D eigenvalue weighted by Gasteiger charge is -2.09. The lowest BCUT2D eigenvalue weighted by Crippen LogP contribution is -2.02. The highest BCUT2D eigenvalue weighted by molar-refractivity contribution is 7.03. The van der Waals surface area contributed by atoms with E-state index in [1.165, 1.54) is 11.5 Å². The number of hydrogen-bond donors (Lipinski definition) is 1. The fourth-order valence-corrected chi connectivity index (χ4v) is 2.23. The Labute approximate surface area is 107 Å². The van der Waals surface area contributed by atoms with Gasteiger partial charge >= 0.3 is 0 Å². The van der Waals surface area contributed by atoms with E-state index < -0.39 is 6.10 Å². The first-order chi connectivity index (χ1) is 7.68. The first-order valence-electron chi connectivity index (χ1n) is 4.56. The quantitative estimate of drug-likeness (QED) is 0.936. The monoisotopic (exact) mass is 274 g/mol. The molecule has 0 bridgehead atoms. The van der Waals surface area contributed by atoms with Gasteiger partial charge in [-0.3, -0.25) is 0 Å². The summed E-state index contributed by atoms with van der Waals surface area (Å²) in [6.45, 7) is 0. The third-order valence-corrected chi connectivity index (χ3v) is 3.54. The van der Waals surface area contributed by atoms with Crippen LogP contribution in [0, 0.1) is 0 Å². The van der Waals surface area contributed by atoms with Crippen LogP contribution in [0.1, 0.15) is 17.4 Å². The summed E-state index contributed by atoms with van der Waals surface area (Å²) in [5, 5.41) is 16.4. The van der Waals surface area contributed by atoms with Gasteiger partial charge in [-0.25, -0.2) is 0 Å². The van der Waals surface area contributed by atoms with E-state index in [2.05, 4.69) is 9.59 Å². The van der Waals surface area contributed by atoms with Crippen LogP contribution in [0.4, 0.5) is 0 Å². The van der Waals surface area contributed by atoms with E-state index in [4.69, 9.17) is 23.2 Å². The predicted octanol–water partition coefficient (Wildman–Crippen LogP) is 3.12. The maximum atomic E-state index is 9.88. The summed E-state index contributed by atoms with van der Waals surface area (Å²) in [7, 11) is 0. The smallest absolute Gasteiger partial charge is 0.104 e. The summed E-state index contributed by atoms with van der Waals surface area (Å²) in [6.07, 6.45) is -0.320. The van der Waals surface area contributed by atoms with Crippen molar-refractivity contribution in [2.24, 2.45) is 0 Å². The zero-order valence-electron chi connectivity index (χ0n) is 8.10. The van der Waals surface area contributed by atoms with Gasteiger partial charge in [-0.2, -0.15) is 0 Å². The summed E-state index contributed by atoms with van der Waals surface area (Å²) in [6, 6.07) is 5.34. The molecular weight excluding hydrogens is 267 g/mol. The van der Waals surface area contributed by atoms with Gasteiger partial charge in [-0.15, -0.1) is 5.10 Å². The molecule has 0 amide bonds. The van der Waals surface area contributed by atoms with Crippen LogP contribution in [0.3, 0.4) is 0 Å². The summed E-state index contributed by atoms with van der Waals surface area (Å²) in [5.74, 6) is 0. The Morgan fingerprint density at radius 1 is 1.38 bits per heavy atom. The SMILES string of the molecule is OC(Cc1cccc(Cl)c1Cl)c1csnn1. The lowest BCUT2D eigenvalue weighted by molar-refractivity contribution is 0.173. The number of benzene rings is 1. The highest BCUT2D eigenvalue weighted by Crippen LogP contribution is 2.28. The molecule has 0 aliphatic rings. The molecule has 0 saturated carbocycles. The van der Waals surface area contributed by atoms with E-state index in [1.54, 1.807) is 17.5 Å². The fourth-order valence-electron chi connectivity index (χ4n) is 1.34. The average molecular weight is 275 g/mol. The molecule has 6 heteroatoms. The molecule has 1 aromatic carbocycles. The Hall–Kier alpha value is -0.680. The number of nitrogens with zero attached hydrogens (tertiary/aromatic N) is 2. The maximum Gasteiger partial charge on any atom is 0.104 e. The molecule has 0 radical (unpaired) electrons. The van der Waals surface area contributed by atoms with Gasteiger partial charge in [-0.1, -0.05) is 39.8 Å². The average Bonchev–Trinajstić information content (AvgIpc) is 2.78. The van der Waals surface area contributed by atoms with Gasteiger partial charge in [-0.05, 0) is 23.2 Å². The zero-order valence-corrected chi connectivity index (χ0v) is 10.4. The molecule has 1 aromatic heterocycles. The van der Waals surface area contributed by atoms with Crippen LogP contribution in [0.15, 0.2) is 23.6 Å². The van der Waals surface area contributed by atoms with Crippen molar-refractivity contribution in [2.75, 3.05) is 0 Å². The van der Waals surface area contributed by atoms with Crippen molar-refractivity contribution >= 4 is 34.7 Å². The van der Waals surface area contributed by atoms with Crippen molar-refractivity contribution in [1.29, 1.82) is 0 Å². The van der Waals surface area contributed by atoms with Crippen LogP contribution in [-0.2, 0) is 6.42 Å². The van der Waals surface area contributed by atoms with Crippen molar-refractivity contribution < 1.29 is 5.11 Å². The molecule has 0 aliphatic carbocycles. The summed E-state index contributed by atoms with van der Waals surface area (Å²) in [5.41, 5.74) is 1.36. The Morgan fingerprint density at radius 3 is 2.88 bits per heavy atom. The second-order valence-corrected chi connectivity index (χ2v) is 4.66. The number of hydrogen-bond acceptors (Lipinski definition) is 4. The van der Waals surface area contributed by atoms with E-state index >= 15 is 0 Å². The molecule has 1 unspecified atom stereocenters. The number of aliphatic hydroxyl groups is 1. The largest absolute Gasteiger partial charge is 0.386 e. The normalized spacial score (nSPS) is 12.7. The van der Waals surface area contributed by atoms with Crippen molar-refractivity contribution in [1.82, 2.24) is 9.59 Å². The Morgan fingerprint density at radius 2 is 2.19 bits per heavy atom. The Balaban J connectivity index is 2.18. The standard InChI is InChI=1S/C10H8Cl2N2OS/c11-7-3-1-2-6(10(7)12)4-9(15)8-5-16-14-13-8/h1-3,5,9,15H,4H2. The third-order valence-electron chi connectivity index (χ3n) is 2.16. The van der Waals surface area contributed by atoms with Crippen LogP contribution in [0.25, 0.3) is 0 Å². The number of aromatic nitrogens is 2. The molecule has 16 heavy (non-hydrogen) atoms. The van der Waals surface area contributed by atoms with Gasteiger partial charge in [0.15, 0.2) is 0 Å².